The number of anilines is 3. The van der Waals surface area contributed by atoms with Crippen LogP contribution in [-0.4, -0.2) is 15.1 Å². The Hall–Kier alpha value is -5.45. The van der Waals surface area contributed by atoms with Crippen LogP contribution in [0.5, 0.6) is 5.75 Å². The fourth-order valence-corrected chi connectivity index (χ4v) is 8.47. The number of halogens is 2. The fourth-order valence-electron chi connectivity index (χ4n) is 8.47. The summed E-state index contributed by atoms with van der Waals surface area (Å²) in [5.74, 6) is -0.907. The number of phenolic OH excluding ortho intramolecular Hbond substituents is 1. The zero-order chi connectivity index (χ0) is 38.4. The van der Waals surface area contributed by atoms with E-state index in [-0.39, 0.29) is 43.3 Å². The molecule has 4 nitrogen and oxygen atoms in total. The van der Waals surface area contributed by atoms with Crippen molar-refractivity contribution in [3.05, 3.63) is 179 Å². The van der Waals surface area contributed by atoms with E-state index in [0.717, 1.165) is 39.4 Å². The summed E-state index contributed by atoms with van der Waals surface area (Å²) in [5, 5.41) is 11.8. The predicted octanol–water partition coefficient (Wildman–Crippen LogP) is 12.3. The molecule has 2 aromatic heterocycles. The van der Waals surface area contributed by atoms with Gasteiger partial charge in [-0.25, -0.2) is 13.8 Å². The summed E-state index contributed by atoms with van der Waals surface area (Å²) in [5.41, 5.74) is 11.3. The molecule has 2 heterocycles. The Morgan fingerprint density at radius 3 is 1.89 bits per heavy atom. The monoisotopic (exact) mass is 919 g/mol. The minimum absolute atomic E-state index is 0. The number of pyridine rings is 2. The smallest absolute Gasteiger partial charge is 0.136 e. The van der Waals surface area contributed by atoms with Crippen LogP contribution < -0.4 is 4.90 Å². The third-order valence-corrected chi connectivity index (χ3v) is 11.1. The Balaban J connectivity index is 0.00000441. The zero-order valence-electron chi connectivity index (χ0n) is 32.0. The van der Waals surface area contributed by atoms with E-state index in [1.807, 2.05) is 48.5 Å². The van der Waals surface area contributed by atoms with Gasteiger partial charge >= 0.3 is 0 Å². The molecular weight excluding hydrogens is 880 g/mol. The molecule has 1 N–H and O–H groups in total. The molecule has 0 unspecified atom stereocenters. The minimum Gasteiger partial charge on any atom is -0.507 e. The predicted molar refractivity (Wildman–Crippen MR) is 216 cm³/mol. The summed E-state index contributed by atoms with van der Waals surface area (Å²) in [6, 6.07) is 41.4. The Labute approximate surface area is 341 Å². The molecule has 5 aromatic carbocycles. The first kappa shape index (κ1) is 37.5. The molecule has 2 aliphatic carbocycles. The third-order valence-electron chi connectivity index (χ3n) is 11.1. The number of hydrogen-bond acceptors (Lipinski definition) is 4. The molecule has 56 heavy (non-hydrogen) atoms. The van der Waals surface area contributed by atoms with E-state index in [2.05, 4.69) is 101 Å². The number of aromatic hydroxyl groups is 1. The van der Waals surface area contributed by atoms with Crippen LogP contribution >= 0.6 is 0 Å². The normalized spacial score (nSPS) is 13.4. The van der Waals surface area contributed by atoms with E-state index >= 15 is 8.78 Å². The molecule has 0 amide bonds. The van der Waals surface area contributed by atoms with Gasteiger partial charge in [-0.2, -0.15) is 0 Å². The van der Waals surface area contributed by atoms with E-state index in [9.17, 15) is 5.11 Å². The first-order chi connectivity index (χ1) is 26.2. The summed E-state index contributed by atoms with van der Waals surface area (Å²) in [6.45, 7) is 13.3. The first-order valence-electron chi connectivity index (χ1n) is 18.6. The first-order valence-corrected chi connectivity index (χ1v) is 18.6. The average molecular weight is 920 g/mol. The van der Waals surface area contributed by atoms with E-state index in [4.69, 9.17) is 4.98 Å². The van der Waals surface area contributed by atoms with Crippen LogP contribution in [0, 0.1) is 17.7 Å². The van der Waals surface area contributed by atoms with Crippen molar-refractivity contribution in [2.45, 2.75) is 57.8 Å². The van der Waals surface area contributed by atoms with Crippen LogP contribution in [0.3, 0.4) is 0 Å². The molecule has 0 aliphatic heterocycles. The summed E-state index contributed by atoms with van der Waals surface area (Å²) < 4.78 is 30.0. The second-order valence-corrected chi connectivity index (χ2v) is 16.7. The fraction of sp³-hybridized carbons (Fsp3) is 0.184. The van der Waals surface area contributed by atoms with Crippen LogP contribution in [0.25, 0.3) is 33.6 Å². The third kappa shape index (κ3) is 5.80. The summed E-state index contributed by atoms with van der Waals surface area (Å²) in [7, 11) is 0. The van der Waals surface area contributed by atoms with Gasteiger partial charge < -0.3 is 15.0 Å². The second kappa shape index (κ2) is 13.3. The molecule has 0 saturated heterocycles. The van der Waals surface area contributed by atoms with Crippen molar-refractivity contribution in [3.63, 3.8) is 0 Å². The molecule has 7 aromatic rings. The number of phenols is 1. The number of rotatable bonds is 4. The Morgan fingerprint density at radius 1 is 0.643 bits per heavy atom. The molecule has 7 heteroatoms. The summed E-state index contributed by atoms with van der Waals surface area (Å²) >= 11 is 0. The minimum atomic E-state index is -0.789. The molecule has 0 atom stereocenters. The molecule has 2 aliphatic rings. The maximum Gasteiger partial charge on any atom is 0.136 e. The number of benzene rings is 5. The van der Waals surface area contributed by atoms with Crippen molar-refractivity contribution in [1.29, 1.82) is 0 Å². The Kier molecular flexibility index (Phi) is 8.93. The molecule has 9 rings (SSSR count). The van der Waals surface area contributed by atoms with Crippen molar-refractivity contribution >= 4 is 17.2 Å². The van der Waals surface area contributed by atoms with Crippen molar-refractivity contribution in [1.82, 2.24) is 9.97 Å². The quantitative estimate of drug-likeness (QED) is 0.179. The van der Waals surface area contributed by atoms with Crippen molar-refractivity contribution in [2.24, 2.45) is 0 Å². The number of nitrogens with zero attached hydrogens (tertiary/aromatic N) is 3. The van der Waals surface area contributed by atoms with Gasteiger partial charge in [-0.05, 0) is 97.1 Å². The maximum absolute atomic E-state index is 15.0. The Morgan fingerprint density at radius 2 is 1.29 bits per heavy atom. The van der Waals surface area contributed by atoms with Crippen LogP contribution in [0.1, 0.15) is 74.9 Å². The standard InChI is InChI=1S/C49H40F2N3O.Pt/c1-47(2,3)30-16-18-36-37-19-17-31(48(4,5)6)25-41(37)49(40(36)24-30)38-13-10-15-43(55)45(38)46-39(49)20-21-44(53-46)54(35-27-32(50)26-33(51)28-35)34-12-9-11-29(23-34)42-14-7-8-22-52-42;/h7-22,24-28,55H,1-6H3;/q-1;. The van der Waals surface area contributed by atoms with Gasteiger partial charge in [0.05, 0.1) is 16.8 Å². The molecular formula is C49H40F2N3OPt-. The van der Waals surface area contributed by atoms with Gasteiger partial charge in [0.25, 0.3) is 0 Å². The SMILES string of the molecule is CC(C)(C)c1ccc2c(c1)C1(c3cc(C(C)(C)C)ccc3-2)c2ccc(N(c3[c-]c(-c4ccccn4)ccc3)c3cc(F)cc(F)c3)nc2-c2c(O)cccc21.[Pt]. The van der Waals surface area contributed by atoms with E-state index < -0.39 is 17.0 Å². The average Bonchev–Trinajstić information content (AvgIpc) is 3.61. The van der Waals surface area contributed by atoms with Gasteiger partial charge in [0.1, 0.15) is 23.2 Å². The number of hydrogen-bond donors (Lipinski definition) is 1. The van der Waals surface area contributed by atoms with E-state index in [0.29, 0.717) is 34.0 Å². The molecule has 0 radical (unpaired) electrons. The molecule has 282 valence electrons. The van der Waals surface area contributed by atoms with Gasteiger partial charge in [-0.3, -0.25) is 0 Å². The molecule has 0 bridgehead atoms. The van der Waals surface area contributed by atoms with Gasteiger partial charge in [-0.1, -0.05) is 108 Å². The van der Waals surface area contributed by atoms with Gasteiger partial charge in [0, 0.05) is 38.9 Å². The van der Waals surface area contributed by atoms with Crippen molar-refractivity contribution in [2.75, 3.05) is 4.90 Å². The van der Waals surface area contributed by atoms with Crippen LogP contribution in [0.15, 0.2) is 128 Å². The van der Waals surface area contributed by atoms with E-state index in [1.165, 1.54) is 23.3 Å². The van der Waals surface area contributed by atoms with Crippen LogP contribution in [0.2, 0.25) is 0 Å². The number of aromatic nitrogens is 2. The van der Waals surface area contributed by atoms with Crippen LogP contribution in [0.4, 0.5) is 26.0 Å². The molecule has 0 saturated carbocycles. The Bertz CT molecular complexity index is 2600. The zero-order valence-corrected chi connectivity index (χ0v) is 34.3. The largest absolute Gasteiger partial charge is 0.507 e. The molecule has 0 fully saturated rings. The summed E-state index contributed by atoms with van der Waals surface area (Å²) in [4.78, 5) is 11.6. The van der Waals surface area contributed by atoms with Gasteiger partial charge in [0.15, 0.2) is 0 Å². The topological polar surface area (TPSA) is 49.2 Å². The maximum atomic E-state index is 15.0. The summed E-state index contributed by atoms with van der Waals surface area (Å²) in [6.07, 6.45) is 1.71. The van der Waals surface area contributed by atoms with E-state index in [1.54, 1.807) is 17.2 Å². The second-order valence-electron chi connectivity index (χ2n) is 16.7. The van der Waals surface area contributed by atoms with Crippen LogP contribution in [-0.2, 0) is 37.3 Å². The van der Waals surface area contributed by atoms with Gasteiger partial charge in [0.2, 0.25) is 0 Å². The molecule has 1 spiro atoms. The number of fused-ring (bicyclic) bond motifs is 10. The van der Waals surface area contributed by atoms with Crippen molar-refractivity contribution in [3.8, 4) is 39.4 Å². The van der Waals surface area contributed by atoms with Crippen molar-refractivity contribution < 1.29 is 35.0 Å². The van der Waals surface area contributed by atoms with Gasteiger partial charge in [-0.15, -0.1) is 29.8 Å².